The zero-order valence-corrected chi connectivity index (χ0v) is 18.8. The van der Waals surface area contributed by atoms with Gasteiger partial charge in [-0.1, -0.05) is 0 Å². The molecule has 1 amide bonds. The van der Waals surface area contributed by atoms with Crippen LogP contribution in [0, 0.1) is 0 Å². The van der Waals surface area contributed by atoms with Crippen LogP contribution < -0.4 is 18.9 Å². The molecule has 0 aromatic heterocycles. The van der Waals surface area contributed by atoms with E-state index in [2.05, 4.69) is 4.90 Å². The van der Waals surface area contributed by atoms with Gasteiger partial charge in [0.05, 0.1) is 28.4 Å². The van der Waals surface area contributed by atoms with E-state index in [0.717, 1.165) is 66.8 Å². The van der Waals surface area contributed by atoms with Gasteiger partial charge in [-0.25, -0.2) is 0 Å². The topological polar surface area (TPSA) is 60.5 Å². The summed E-state index contributed by atoms with van der Waals surface area (Å²) in [7, 11) is 6.62. The average molecular weight is 429 g/mol. The van der Waals surface area contributed by atoms with Crippen molar-refractivity contribution in [1.82, 2.24) is 9.80 Å². The van der Waals surface area contributed by atoms with E-state index in [1.807, 2.05) is 41.3 Å². The Kier molecular flexibility index (Phi) is 8.00. The summed E-state index contributed by atoms with van der Waals surface area (Å²) in [5.74, 6) is 3.39. The highest BCUT2D eigenvalue weighted by Gasteiger charge is 2.22. The summed E-state index contributed by atoms with van der Waals surface area (Å²) in [6, 6.07) is 11.5. The lowest BCUT2D eigenvalue weighted by atomic mass is 10.1. The van der Waals surface area contributed by atoms with Crippen LogP contribution in [0.15, 0.2) is 36.4 Å². The van der Waals surface area contributed by atoms with Crippen molar-refractivity contribution in [2.24, 2.45) is 0 Å². The van der Waals surface area contributed by atoms with Gasteiger partial charge in [0.2, 0.25) is 5.91 Å². The van der Waals surface area contributed by atoms with Gasteiger partial charge in [-0.2, -0.15) is 0 Å². The summed E-state index contributed by atoms with van der Waals surface area (Å²) in [5, 5.41) is 0. The number of hydrogen-bond donors (Lipinski definition) is 0. The van der Waals surface area contributed by atoms with Crippen LogP contribution in [0.25, 0.3) is 0 Å². The molecule has 1 fully saturated rings. The van der Waals surface area contributed by atoms with E-state index in [4.69, 9.17) is 18.9 Å². The molecule has 1 aliphatic rings. The number of carbonyl (C=O) groups excluding carboxylic acids is 1. The third-order valence-electron chi connectivity index (χ3n) is 5.70. The lowest BCUT2D eigenvalue weighted by molar-refractivity contribution is -0.133. The van der Waals surface area contributed by atoms with Crippen molar-refractivity contribution < 1.29 is 23.7 Å². The van der Waals surface area contributed by atoms with E-state index in [-0.39, 0.29) is 5.91 Å². The maximum absolute atomic E-state index is 12.8. The molecule has 0 aliphatic carbocycles. The number of piperazine rings is 1. The minimum Gasteiger partial charge on any atom is -0.497 e. The highest BCUT2D eigenvalue weighted by molar-refractivity contribution is 5.76. The lowest BCUT2D eigenvalue weighted by Crippen LogP contribution is -2.48. The van der Waals surface area contributed by atoms with Crippen LogP contribution in [0.1, 0.15) is 17.5 Å². The highest BCUT2D eigenvalue weighted by Crippen LogP contribution is 2.27. The van der Waals surface area contributed by atoms with Crippen LogP contribution in [-0.2, 0) is 17.8 Å². The third-order valence-corrected chi connectivity index (χ3v) is 5.70. The van der Waals surface area contributed by atoms with Crippen LogP contribution in [0.2, 0.25) is 0 Å². The van der Waals surface area contributed by atoms with E-state index in [9.17, 15) is 4.79 Å². The Bertz CT molecular complexity index is 878. The fraction of sp³-hybridized carbons (Fsp3) is 0.458. The molecule has 0 unspecified atom stereocenters. The number of aryl methyl sites for hydroxylation is 1. The number of nitrogens with zero attached hydrogens (tertiary/aromatic N) is 2. The molecular formula is C24H32N2O5. The molecule has 7 heteroatoms. The van der Waals surface area contributed by atoms with E-state index in [0.29, 0.717) is 12.8 Å². The molecule has 3 rings (SSSR count). The summed E-state index contributed by atoms with van der Waals surface area (Å²) >= 11 is 0. The Balaban J connectivity index is 1.52. The molecule has 0 radical (unpaired) electrons. The maximum atomic E-state index is 12.8. The second-order valence-corrected chi connectivity index (χ2v) is 7.51. The van der Waals surface area contributed by atoms with Crippen LogP contribution in [0.5, 0.6) is 23.0 Å². The zero-order chi connectivity index (χ0) is 22.2. The number of ether oxygens (including phenoxy) is 4. The number of benzene rings is 2. The van der Waals surface area contributed by atoms with Crippen molar-refractivity contribution in [3.63, 3.8) is 0 Å². The Morgan fingerprint density at radius 2 is 1.32 bits per heavy atom. The predicted molar refractivity (Wildman–Crippen MR) is 119 cm³/mol. The quantitative estimate of drug-likeness (QED) is 0.612. The third kappa shape index (κ3) is 5.82. The van der Waals surface area contributed by atoms with Gasteiger partial charge in [-0.05, 0) is 48.4 Å². The molecule has 2 aromatic rings. The van der Waals surface area contributed by atoms with Crippen molar-refractivity contribution in [2.75, 3.05) is 54.6 Å². The molecular weight excluding hydrogens is 396 g/mol. The fourth-order valence-electron chi connectivity index (χ4n) is 3.88. The van der Waals surface area contributed by atoms with E-state index >= 15 is 0 Å². The van der Waals surface area contributed by atoms with Crippen LogP contribution in [-0.4, -0.2) is 70.3 Å². The molecule has 0 N–H and O–H groups in total. The number of methoxy groups -OCH3 is 4. The molecule has 0 saturated carbocycles. The first-order chi connectivity index (χ1) is 15.1. The number of rotatable bonds is 9. The summed E-state index contributed by atoms with van der Waals surface area (Å²) < 4.78 is 21.6. The number of carbonyl (C=O) groups is 1. The van der Waals surface area contributed by atoms with Crippen molar-refractivity contribution in [3.8, 4) is 23.0 Å². The molecule has 1 heterocycles. The normalized spacial score (nSPS) is 14.3. The van der Waals surface area contributed by atoms with Gasteiger partial charge >= 0.3 is 0 Å². The molecule has 1 saturated heterocycles. The van der Waals surface area contributed by atoms with Gasteiger partial charge < -0.3 is 23.8 Å². The Labute approximate surface area is 184 Å². The zero-order valence-electron chi connectivity index (χ0n) is 18.8. The Morgan fingerprint density at radius 1 is 0.774 bits per heavy atom. The van der Waals surface area contributed by atoms with Gasteiger partial charge in [-0.15, -0.1) is 0 Å². The van der Waals surface area contributed by atoms with Crippen molar-refractivity contribution in [2.45, 2.75) is 19.4 Å². The van der Waals surface area contributed by atoms with Crippen molar-refractivity contribution in [1.29, 1.82) is 0 Å². The molecule has 0 bridgehead atoms. The number of amides is 1. The first-order valence-corrected chi connectivity index (χ1v) is 10.5. The van der Waals surface area contributed by atoms with Gasteiger partial charge in [0.15, 0.2) is 0 Å². The van der Waals surface area contributed by atoms with E-state index in [1.54, 1.807) is 28.4 Å². The smallest absolute Gasteiger partial charge is 0.222 e. The molecule has 0 spiro atoms. The van der Waals surface area contributed by atoms with E-state index < -0.39 is 0 Å². The second kappa shape index (κ2) is 10.9. The van der Waals surface area contributed by atoms with E-state index in [1.165, 1.54) is 0 Å². The fourth-order valence-corrected chi connectivity index (χ4v) is 3.88. The lowest BCUT2D eigenvalue weighted by Gasteiger charge is -2.35. The summed E-state index contributed by atoms with van der Waals surface area (Å²) in [6.45, 7) is 3.87. The predicted octanol–water partition coefficient (Wildman–Crippen LogP) is 3.00. The van der Waals surface area contributed by atoms with Gasteiger partial charge in [0.25, 0.3) is 0 Å². The summed E-state index contributed by atoms with van der Waals surface area (Å²) in [4.78, 5) is 17.1. The maximum Gasteiger partial charge on any atom is 0.222 e. The molecule has 31 heavy (non-hydrogen) atoms. The minimum atomic E-state index is 0.170. The average Bonchev–Trinajstić information content (AvgIpc) is 2.82. The van der Waals surface area contributed by atoms with Crippen molar-refractivity contribution in [3.05, 3.63) is 47.5 Å². The molecule has 0 atom stereocenters. The monoisotopic (exact) mass is 428 g/mol. The van der Waals surface area contributed by atoms with Crippen LogP contribution in [0.3, 0.4) is 0 Å². The molecule has 2 aromatic carbocycles. The molecule has 7 nitrogen and oxygen atoms in total. The Morgan fingerprint density at radius 3 is 1.87 bits per heavy atom. The van der Waals surface area contributed by atoms with Gasteiger partial charge in [0, 0.05) is 44.7 Å². The van der Waals surface area contributed by atoms with Crippen molar-refractivity contribution >= 4 is 5.91 Å². The number of hydrogen-bond acceptors (Lipinski definition) is 6. The summed E-state index contributed by atoms with van der Waals surface area (Å²) in [6.07, 6.45) is 1.08. The second-order valence-electron chi connectivity index (χ2n) is 7.51. The first-order valence-electron chi connectivity index (χ1n) is 10.5. The summed E-state index contributed by atoms with van der Waals surface area (Å²) in [5.41, 5.74) is 2.07. The SMILES string of the molecule is COc1ccc(OC)c(CCC(=O)N2CCN(Cc3cc(OC)ccc3OC)CC2)c1. The van der Waals surface area contributed by atoms with Crippen LogP contribution in [0.4, 0.5) is 0 Å². The largest absolute Gasteiger partial charge is 0.497 e. The minimum absolute atomic E-state index is 0.170. The Hall–Kier alpha value is -2.93. The highest BCUT2D eigenvalue weighted by atomic mass is 16.5. The molecule has 168 valence electrons. The van der Waals surface area contributed by atoms with Gasteiger partial charge in [0.1, 0.15) is 23.0 Å². The standard InChI is InChI=1S/C24H32N2O5/c1-28-20-6-8-22(30-3)18(15-20)5-10-24(27)26-13-11-25(12-14-26)17-19-16-21(29-2)7-9-23(19)31-4/h6-9,15-16H,5,10-14,17H2,1-4H3. The molecule has 1 aliphatic heterocycles. The first kappa shape index (κ1) is 22.7. The van der Waals surface area contributed by atoms with Gasteiger partial charge in [-0.3, -0.25) is 9.69 Å². The van der Waals surface area contributed by atoms with Crippen LogP contribution >= 0.6 is 0 Å².